The van der Waals surface area contributed by atoms with Crippen LogP contribution in [-0.2, 0) is 9.59 Å². The molecule has 4 nitrogen and oxygen atoms in total. The summed E-state index contributed by atoms with van der Waals surface area (Å²) in [5.41, 5.74) is 7.92. The van der Waals surface area contributed by atoms with Gasteiger partial charge in [-0.1, -0.05) is 127 Å². The molecule has 2 amide bonds. The fourth-order valence-corrected chi connectivity index (χ4v) is 5.35. The molecule has 0 spiro atoms. The van der Waals surface area contributed by atoms with Crippen molar-refractivity contribution in [2.75, 3.05) is 13.6 Å². The van der Waals surface area contributed by atoms with E-state index in [1.54, 1.807) is 19.2 Å². The number of likely N-dealkylation sites (N-methyl/N-ethyl adjacent to an activating group) is 2. The molecular weight excluding hydrogens is 561 g/mol. The van der Waals surface area contributed by atoms with Gasteiger partial charge in [-0.3, -0.25) is 19.4 Å². The Bertz CT molecular complexity index is 1450. The number of hydrogen-bond acceptors (Lipinski definition) is 3. The van der Waals surface area contributed by atoms with E-state index in [1.807, 2.05) is 50.3 Å². The number of carbonyl (C=O) groups is 2. The van der Waals surface area contributed by atoms with Crippen LogP contribution in [0.25, 0.3) is 0 Å². The van der Waals surface area contributed by atoms with Gasteiger partial charge < -0.3 is 0 Å². The van der Waals surface area contributed by atoms with E-state index < -0.39 is 0 Å². The van der Waals surface area contributed by atoms with Crippen LogP contribution < -0.4 is 0 Å². The molecule has 0 unspecified atom stereocenters. The van der Waals surface area contributed by atoms with Crippen LogP contribution in [0.15, 0.2) is 130 Å². The summed E-state index contributed by atoms with van der Waals surface area (Å²) in [5.74, 6) is -0.739. The Kier molecular flexibility index (Phi) is 14.4. The van der Waals surface area contributed by atoms with Gasteiger partial charge in [0, 0.05) is 13.6 Å². The van der Waals surface area contributed by atoms with Crippen LogP contribution in [0.5, 0.6) is 0 Å². The maximum atomic E-state index is 12.6. The lowest BCUT2D eigenvalue weighted by Crippen LogP contribution is -2.54. The van der Waals surface area contributed by atoms with Crippen molar-refractivity contribution in [1.29, 1.82) is 0 Å². The molecule has 0 atom stereocenters. The summed E-state index contributed by atoms with van der Waals surface area (Å²) in [6.07, 6.45) is 34.1. The first-order chi connectivity index (χ1) is 20.8. The standard InChI is InChI=1S/C39H50N2O2S/c1-10-41-37(43)34(36(42)40(9)38(41)44)25-15-23-31(4)21-13-19-29(2)17-11-12-18-30(3)20-14-22-32(5)26-27-35-33(6)24-16-28-39(35,7)8/h11-15,17-23,25-27H,10,16,24,28H2,1-9H3/b12-11+,19-13+,20-14+,23-15+,27-26+,29-17+,30-18+,31-21+,32-22+,34-25-. The van der Waals surface area contributed by atoms with Gasteiger partial charge in [-0.25, -0.2) is 0 Å². The van der Waals surface area contributed by atoms with Gasteiger partial charge in [-0.2, -0.15) is 0 Å². The molecular formula is C39H50N2O2S. The molecule has 1 aliphatic heterocycles. The fourth-order valence-electron chi connectivity index (χ4n) is 5.06. The van der Waals surface area contributed by atoms with Gasteiger partial charge in [0.1, 0.15) is 5.57 Å². The van der Waals surface area contributed by atoms with Crippen molar-refractivity contribution in [3.05, 3.63) is 130 Å². The summed E-state index contributed by atoms with van der Waals surface area (Å²) in [6, 6.07) is 0. The topological polar surface area (TPSA) is 40.6 Å². The lowest BCUT2D eigenvalue weighted by Gasteiger charge is -2.33. The van der Waals surface area contributed by atoms with E-state index in [-0.39, 0.29) is 27.9 Å². The molecule has 234 valence electrons. The van der Waals surface area contributed by atoms with E-state index in [0.717, 1.165) is 11.1 Å². The molecule has 1 heterocycles. The first-order valence-electron chi connectivity index (χ1n) is 15.4. The third-order valence-corrected chi connectivity index (χ3v) is 8.28. The van der Waals surface area contributed by atoms with Crippen molar-refractivity contribution in [1.82, 2.24) is 9.80 Å². The Labute approximate surface area is 271 Å². The third kappa shape index (κ3) is 11.0. The Morgan fingerprint density at radius 2 is 1.30 bits per heavy atom. The van der Waals surface area contributed by atoms with E-state index in [4.69, 9.17) is 12.2 Å². The molecule has 0 bridgehead atoms. The minimum Gasteiger partial charge on any atom is -0.288 e. The maximum Gasteiger partial charge on any atom is 0.265 e. The largest absolute Gasteiger partial charge is 0.288 e. The van der Waals surface area contributed by atoms with Crippen LogP contribution in [0.3, 0.4) is 0 Å². The number of rotatable bonds is 11. The van der Waals surface area contributed by atoms with E-state index in [1.165, 1.54) is 51.4 Å². The molecule has 44 heavy (non-hydrogen) atoms. The molecule has 0 aromatic rings. The van der Waals surface area contributed by atoms with Gasteiger partial charge in [0.25, 0.3) is 11.8 Å². The van der Waals surface area contributed by atoms with Crippen LogP contribution in [0.2, 0.25) is 0 Å². The number of amides is 2. The fraction of sp³-hybridized carbons (Fsp3) is 0.359. The number of hydrogen-bond donors (Lipinski definition) is 0. The van der Waals surface area contributed by atoms with Gasteiger partial charge >= 0.3 is 0 Å². The van der Waals surface area contributed by atoms with Gasteiger partial charge in [-0.05, 0) is 90.1 Å². The van der Waals surface area contributed by atoms with E-state index in [9.17, 15) is 9.59 Å². The molecule has 1 saturated heterocycles. The Hall–Kier alpha value is -3.83. The Morgan fingerprint density at radius 1 is 0.795 bits per heavy atom. The predicted octanol–water partition coefficient (Wildman–Crippen LogP) is 9.61. The zero-order chi connectivity index (χ0) is 32.9. The monoisotopic (exact) mass is 610 g/mol. The minimum atomic E-state index is -0.382. The molecule has 5 heteroatoms. The van der Waals surface area contributed by atoms with Crippen molar-refractivity contribution in [2.45, 2.75) is 74.7 Å². The number of carbonyl (C=O) groups excluding carboxylic acids is 2. The highest BCUT2D eigenvalue weighted by atomic mass is 32.1. The minimum absolute atomic E-state index is 0.110. The second kappa shape index (κ2) is 17.5. The molecule has 0 saturated carbocycles. The summed E-state index contributed by atoms with van der Waals surface area (Å²) in [6.45, 7) is 17.5. The van der Waals surface area contributed by atoms with Crippen molar-refractivity contribution in [3.8, 4) is 0 Å². The number of allylic oxidation sites excluding steroid dienone is 21. The summed E-state index contributed by atoms with van der Waals surface area (Å²) >= 11 is 5.21. The highest BCUT2D eigenvalue weighted by Crippen LogP contribution is 2.40. The summed E-state index contributed by atoms with van der Waals surface area (Å²) in [5, 5.41) is 0.236. The van der Waals surface area contributed by atoms with Gasteiger partial charge in [0.05, 0.1) is 0 Å². The van der Waals surface area contributed by atoms with Crippen molar-refractivity contribution in [2.24, 2.45) is 5.41 Å². The third-order valence-electron chi connectivity index (χ3n) is 7.79. The quantitative estimate of drug-likeness (QED) is 0.101. The van der Waals surface area contributed by atoms with Crippen molar-refractivity contribution in [3.63, 3.8) is 0 Å². The number of thiocarbonyl (C=S) groups is 1. The predicted molar refractivity (Wildman–Crippen MR) is 192 cm³/mol. The first kappa shape index (κ1) is 36.4. The average Bonchev–Trinajstić information content (AvgIpc) is 2.95. The van der Waals surface area contributed by atoms with E-state index in [0.29, 0.717) is 6.54 Å². The molecule has 0 radical (unpaired) electrons. The lowest BCUT2D eigenvalue weighted by molar-refractivity contribution is -0.133. The van der Waals surface area contributed by atoms with Crippen LogP contribution in [0.4, 0.5) is 0 Å². The average molecular weight is 611 g/mol. The smallest absolute Gasteiger partial charge is 0.265 e. The van der Waals surface area contributed by atoms with Gasteiger partial charge in [0.2, 0.25) is 0 Å². The lowest BCUT2D eigenvalue weighted by atomic mass is 9.72. The van der Waals surface area contributed by atoms with E-state index in [2.05, 4.69) is 84.1 Å². The normalized spacial score (nSPS) is 20.9. The number of nitrogens with zero attached hydrogens (tertiary/aromatic N) is 2. The zero-order valence-corrected chi connectivity index (χ0v) is 28.9. The summed E-state index contributed by atoms with van der Waals surface area (Å²) in [4.78, 5) is 27.8. The summed E-state index contributed by atoms with van der Waals surface area (Å²) in [7, 11) is 1.59. The van der Waals surface area contributed by atoms with Crippen LogP contribution in [0, 0.1) is 5.41 Å². The van der Waals surface area contributed by atoms with E-state index >= 15 is 0 Å². The molecule has 0 aromatic carbocycles. The molecule has 1 fully saturated rings. The molecule has 0 aromatic heterocycles. The molecule has 2 aliphatic rings. The van der Waals surface area contributed by atoms with Crippen LogP contribution in [-0.4, -0.2) is 40.3 Å². The molecule has 2 rings (SSSR count). The SMILES string of the molecule is CCN1C(=O)\C(=C/C=C/C(C)=C/C=C/C(C)=C/C=C/C=C(C)/C=C/C=C(C)/C=C/C2=C(C)CCCC2(C)C)C(=O)N(C)C1=S. The highest BCUT2D eigenvalue weighted by molar-refractivity contribution is 7.80. The molecule has 1 aliphatic carbocycles. The Balaban J connectivity index is 1.91. The maximum absolute atomic E-state index is 12.6. The highest BCUT2D eigenvalue weighted by Gasteiger charge is 2.36. The first-order valence-corrected chi connectivity index (χ1v) is 15.8. The van der Waals surface area contributed by atoms with Crippen molar-refractivity contribution < 1.29 is 9.59 Å². The van der Waals surface area contributed by atoms with Gasteiger partial charge in [0.15, 0.2) is 5.11 Å². The van der Waals surface area contributed by atoms with Gasteiger partial charge in [-0.15, -0.1) is 0 Å². The van der Waals surface area contributed by atoms with Crippen molar-refractivity contribution >= 4 is 29.1 Å². The summed E-state index contributed by atoms with van der Waals surface area (Å²) < 4.78 is 0. The second-order valence-electron chi connectivity index (χ2n) is 12.1. The van der Waals surface area contributed by atoms with Crippen LogP contribution in [0.1, 0.15) is 74.7 Å². The molecule has 0 N–H and O–H groups in total. The second-order valence-corrected chi connectivity index (χ2v) is 12.5. The van der Waals surface area contributed by atoms with Crippen LogP contribution >= 0.6 is 12.2 Å². The zero-order valence-electron chi connectivity index (χ0n) is 28.1. The Morgan fingerprint density at radius 3 is 1.82 bits per heavy atom.